The number of rotatable bonds is 7. The number of ether oxygens (including phenoxy) is 1. The van der Waals surface area contributed by atoms with Crippen LogP contribution in [-0.2, 0) is 14.3 Å². The van der Waals surface area contributed by atoms with Crippen molar-refractivity contribution in [3.8, 4) is 0 Å². The monoisotopic (exact) mass is 275 g/mol. The van der Waals surface area contributed by atoms with E-state index in [0.29, 0.717) is 13.2 Å². The minimum absolute atomic E-state index is 0.337. The van der Waals surface area contributed by atoms with E-state index < -0.39 is 23.6 Å². The van der Waals surface area contributed by atoms with Crippen LogP contribution in [0.1, 0.15) is 20.8 Å². The maximum atomic E-state index is 11.5. The van der Waals surface area contributed by atoms with Gasteiger partial charge in [0.2, 0.25) is 5.91 Å². The van der Waals surface area contributed by atoms with Crippen LogP contribution in [0.3, 0.4) is 0 Å². The number of hydrogen-bond donors (Lipinski definition) is 4. The molecule has 0 aromatic heterocycles. The van der Waals surface area contributed by atoms with Gasteiger partial charge in [-0.2, -0.15) is 0 Å². The summed E-state index contributed by atoms with van der Waals surface area (Å²) in [7, 11) is 1.51. The maximum absolute atomic E-state index is 11.5. The van der Waals surface area contributed by atoms with Crippen LogP contribution >= 0.6 is 0 Å². The number of carboxylic acid groups (broad SMARTS) is 1. The number of aliphatic carboxylic acids is 1. The molecular formula is C11H21N3O5. The summed E-state index contributed by atoms with van der Waals surface area (Å²) < 4.78 is 4.77. The molecule has 0 aliphatic carbocycles. The van der Waals surface area contributed by atoms with Gasteiger partial charge >= 0.3 is 12.0 Å². The summed E-state index contributed by atoms with van der Waals surface area (Å²) in [4.78, 5) is 33.9. The molecule has 0 radical (unpaired) electrons. The van der Waals surface area contributed by atoms with Gasteiger partial charge < -0.3 is 25.8 Å². The Labute approximate surface area is 111 Å². The van der Waals surface area contributed by atoms with Gasteiger partial charge in [-0.05, 0) is 20.8 Å². The predicted molar refractivity (Wildman–Crippen MR) is 67.7 cm³/mol. The lowest BCUT2D eigenvalue weighted by atomic mass is 10.1. The maximum Gasteiger partial charge on any atom is 0.328 e. The second-order valence-corrected chi connectivity index (χ2v) is 4.53. The van der Waals surface area contributed by atoms with E-state index in [1.165, 1.54) is 27.9 Å². The molecule has 8 nitrogen and oxygen atoms in total. The smallest absolute Gasteiger partial charge is 0.328 e. The SMILES string of the molecule is COCCNC(=O)C(C)NC(=O)NC(C)(C)C(=O)O. The fourth-order valence-corrected chi connectivity index (χ4v) is 1.06. The highest BCUT2D eigenvalue weighted by Crippen LogP contribution is 2.01. The Kier molecular flexibility index (Phi) is 6.84. The van der Waals surface area contributed by atoms with Crippen LogP contribution in [0.25, 0.3) is 0 Å². The van der Waals surface area contributed by atoms with Crippen LogP contribution in [0, 0.1) is 0 Å². The first-order valence-electron chi connectivity index (χ1n) is 5.79. The molecule has 3 amide bonds. The standard InChI is InChI=1S/C11H21N3O5/c1-7(8(15)12-5-6-19-4)13-10(18)14-11(2,3)9(16)17/h7H,5-6H2,1-4H3,(H,12,15)(H,16,17)(H2,13,14,18). The van der Waals surface area contributed by atoms with Crippen molar-refractivity contribution < 1.29 is 24.2 Å². The fourth-order valence-electron chi connectivity index (χ4n) is 1.06. The molecule has 0 aliphatic heterocycles. The van der Waals surface area contributed by atoms with Gasteiger partial charge in [0.1, 0.15) is 11.6 Å². The Balaban J connectivity index is 4.18. The van der Waals surface area contributed by atoms with Crippen molar-refractivity contribution in [2.24, 2.45) is 0 Å². The van der Waals surface area contributed by atoms with E-state index in [1.807, 2.05) is 0 Å². The number of urea groups is 1. The summed E-state index contributed by atoms with van der Waals surface area (Å²) in [6, 6.07) is -1.50. The number of methoxy groups -OCH3 is 1. The molecule has 0 aromatic carbocycles. The summed E-state index contributed by atoms with van der Waals surface area (Å²) in [5.41, 5.74) is -1.41. The van der Waals surface area contributed by atoms with Crippen molar-refractivity contribution in [3.05, 3.63) is 0 Å². The van der Waals surface area contributed by atoms with Crippen molar-refractivity contribution in [1.82, 2.24) is 16.0 Å². The lowest BCUT2D eigenvalue weighted by molar-refractivity contribution is -0.142. The summed E-state index contributed by atoms with van der Waals surface area (Å²) in [5.74, 6) is -1.54. The molecule has 8 heteroatoms. The van der Waals surface area contributed by atoms with Gasteiger partial charge in [-0.3, -0.25) is 4.79 Å². The number of hydrogen-bond acceptors (Lipinski definition) is 4. The van der Waals surface area contributed by atoms with Crippen molar-refractivity contribution in [3.63, 3.8) is 0 Å². The zero-order valence-corrected chi connectivity index (χ0v) is 11.6. The topological polar surface area (TPSA) is 117 Å². The molecule has 0 aliphatic rings. The second-order valence-electron chi connectivity index (χ2n) is 4.53. The van der Waals surface area contributed by atoms with Crippen molar-refractivity contribution in [1.29, 1.82) is 0 Å². The number of carbonyl (C=O) groups excluding carboxylic acids is 2. The van der Waals surface area contributed by atoms with Crippen LogP contribution in [-0.4, -0.2) is 54.9 Å². The summed E-state index contributed by atoms with van der Waals surface area (Å²) >= 11 is 0. The number of carbonyl (C=O) groups is 3. The van der Waals surface area contributed by atoms with E-state index in [2.05, 4.69) is 16.0 Å². The second kappa shape index (κ2) is 7.57. The van der Waals surface area contributed by atoms with E-state index in [1.54, 1.807) is 0 Å². The first kappa shape index (κ1) is 17.2. The molecule has 0 bridgehead atoms. The Morgan fingerprint density at radius 1 is 1.32 bits per heavy atom. The fraction of sp³-hybridized carbons (Fsp3) is 0.727. The van der Waals surface area contributed by atoms with Crippen molar-refractivity contribution in [2.45, 2.75) is 32.4 Å². The average Bonchev–Trinajstić information content (AvgIpc) is 2.27. The van der Waals surface area contributed by atoms with Crippen molar-refractivity contribution in [2.75, 3.05) is 20.3 Å². The molecule has 0 rings (SSSR count). The van der Waals surface area contributed by atoms with Crippen LogP contribution in [0.15, 0.2) is 0 Å². The quantitative estimate of drug-likeness (QED) is 0.458. The van der Waals surface area contributed by atoms with E-state index in [9.17, 15) is 14.4 Å². The Morgan fingerprint density at radius 3 is 2.37 bits per heavy atom. The average molecular weight is 275 g/mol. The van der Waals surface area contributed by atoms with Crippen LogP contribution in [0.2, 0.25) is 0 Å². The normalized spacial score (nSPS) is 12.4. The largest absolute Gasteiger partial charge is 0.480 e. The van der Waals surface area contributed by atoms with Gasteiger partial charge in [-0.15, -0.1) is 0 Å². The summed E-state index contributed by atoms with van der Waals surface area (Å²) in [6.45, 7) is 4.90. The zero-order chi connectivity index (χ0) is 15.1. The summed E-state index contributed by atoms with van der Waals surface area (Å²) in [6.07, 6.45) is 0. The van der Waals surface area contributed by atoms with Gasteiger partial charge in [0.05, 0.1) is 6.61 Å². The summed E-state index contributed by atoms with van der Waals surface area (Å²) in [5, 5.41) is 16.0. The minimum Gasteiger partial charge on any atom is -0.480 e. The lowest BCUT2D eigenvalue weighted by Gasteiger charge is -2.22. The van der Waals surface area contributed by atoms with E-state index in [-0.39, 0.29) is 5.91 Å². The molecule has 0 spiro atoms. The molecule has 0 heterocycles. The Bertz CT molecular complexity index is 343. The molecule has 0 saturated carbocycles. The molecule has 4 N–H and O–H groups in total. The van der Waals surface area contributed by atoms with Gasteiger partial charge in [-0.1, -0.05) is 0 Å². The van der Waals surface area contributed by atoms with Gasteiger partial charge in [0.25, 0.3) is 0 Å². The Morgan fingerprint density at radius 2 is 1.89 bits per heavy atom. The van der Waals surface area contributed by atoms with Gasteiger partial charge in [0.15, 0.2) is 0 Å². The Hall–Kier alpha value is -1.83. The zero-order valence-electron chi connectivity index (χ0n) is 11.6. The lowest BCUT2D eigenvalue weighted by Crippen LogP contribution is -2.56. The highest BCUT2D eigenvalue weighted by molar-refractivity contribution is 5.89. The molecule has 1 unspecified atom stereocenters. The minimum atomic E-state index is -1.41. The van der Waals surface area contributed by atoms with E-state index in [4.69, 9.17) is 9.84 Å². The molecular weight excluding hydrogens is 254 g/mol. The molecule has 0 saturated heterocycles. The third kappa shape index (κ3) is 6.61. The van der Waals surface area contributed by atoms with E-state index >= 15 is 0 Å². The molecule has 110 valence electrons. The number of carboxylic acids is 1. The molecule has 0 aromatic rings. The van der Waals surface area contributed by atoms with Gasteiger partial charge in [0, 0.05) is 13.7 Å². The molecule has 0 fully saturated rings. The third-order valence-corrected chi connectivity index (χ3v) is 2.31. The van der Waals surface area contributed by atoms with Crippen LogP contribution in [0.4, 0.5) is 4.79 Å². The molecule has 1 atom stereocenters. The van der Waals surface area contributed by atoms with Crippen molar-refractivity contribution >= 4 is 17.9 Å². The highest BCUT2D eigenvalue weighted by atomic mass is 16.5. The third-order valence-electron chi connectivity index (χ3n) is 2.31. The van der Waals surface area contributed by atoms with Gasteiger partial charge in [-0.25, -0.2) is 9.59 Å². The first-order valence-corrected chi connectivity index (χ1v) is 5.79. The molecule has 19 heavy (non-hydrogen) atoms. The van der Waals surface area contributed by atoms with Crippen LogP contribution in [0.5, 0.6) is 0 Å². The number of amides is 3. The predicted octanol–water partition coefficient (Wildman–Crippen LogP) is -0.700. The number of nitrogens with one attached hydrogen (secondary N) is 3. The first-order chi connectivity index (χ1) is 8.70. The van der Waals surface area contributed by atoms with E-state index in [0.717, 1.165) is 0 Å². The highest BCUT2D eigenvalue weighted by Gasteiger charge is 2.29. The van der Waals surface area contributed by atoms with Crippen LogP contribution < -0.4 is 16.0 Å².